The molecule has 0 saturated heterocycles. The fourth-order valence-corrected chi connectivity index (χ4v) is 5.01. The molecule has 0 heterocycles. The summed E-state index contributed by atoms with van der Waals surface area (Å²) in [6, 6.07) is 5.49. The molecule has 0 spiro atoms. The molecule has 0 N–H and O–H groups in total. The molecule has 0 radical (unpaired) electrons. The van der Waals surface area contributed by atoms with E-state index in [-0.39, 0.29) is 17.0 Å². The van der Waals surface area contributed by atoms with E-state index >= 15 is 0 Å². The number of rotatable bonds is 4. The predicted octanol–water partition coefficient (Wildman–Crippen LogP) is 3.31. The third-order valence-corrected chi connectivity index (χ3v) is 6.25. The highest BCUT2D eigenvalue weighted by molar-refractivity contribution is 7.89. The predicted molar refractivity (Wildman–Crippen MR) is 75.3 cm³/mol. The standard InChI is InChI=1S/C15H20FNO2S/c16-12-6-10-15(11-7-12)20(18,19)17(14-8-9-14)13-4-2-1-3-5-13/h6-7,10-11,13-14H,1-5,8-9H2. The van der Waals surface area contributed by atoms with Crippen LogP contribution in [0.15, 0.2) is 29.2 Å². The Bertz CT molecular complexity index is 560. The second-order valence-electron chi connectivity index (χ2n) is 5.81. The first-order chi connectivity index (χ1) is 9.59. The van der Waals surface area contributed by atoms with Crippen LogP contribution in [0.2, 0.25) is 0 Å². The van der Waals surface area contributed by atoms with Gasteiger partial charge in [-0.15, -0.1) is 0 Å². The third-order valence-electron chi connectivity index (χ3n) is 4.23. The zero-order valence-corrected chi connectivity index (χ0v) is 12.3. The molecule has 3 nitrogen and oxygen atoms in total. The van der Waals surface area contributed by atoms with E-state index in [1.54, 1.807) is 4.31 Å². The number of nitrogens with zero attached hydrogens (tertiary/aromatic N) is 1. The van der Waals surface area contributed by atoms with Crippen molar-refractivity contribution in [2.24, 2.45) is 0 Å². The summed E-state index contributed by atoms with van der Waals surface area (Å²) in [5.74, 6) is -0.403. The highest BCUT2D eigenvalue weighted by Crippen LogP contribution is 2.38. The number of hydrogen-bond acceptors (Lipinski definition) is 2. The van der Waals surface area contributed by atoms with Crippen LogP contribution >= 0.6 is 0 Å². The van der Waals surface area contributed by atoms with E-state index in [0.29, 0.717) is 0 Å². The van der Waals surface area contributed by atoms with Gasteiger partial charge in [0.2, 0.25) is 10.0 Å². The molecule has 0 unspecified atom stereocenters. The first-order valence-corrected chi connectivity index (χ1v) is 8.82. The Balaban J connectivity index is 1.91. The topological polar surface area (TPSA) is 37.4 Å². The Kier molecular flexibility index (Phi) is 3.82. The summed E-state index contributed by atoms with van der Waals surface area (Å²) >= 11 is 0. The van der Waals surface area contributed by atoms with Crippen LogP contribution in [0, 0.1) is 5.82 Å². The molecule has 2 fully saturated rings. The van der Waals surface area contributed by atoms with E-state index in [9.17, 15) is 12.8 Å². The summed E-state index contributed by atoms with van der Waals surface area (Å²) in [5, 5.41) is 0. The maximum atomic E-state index is 13.0. The molecule has 2 saturated carbocycles. The average molecular weight is 297 g/mol. The van der Waals surface area contributed by atoms with Gasteiger partial charge in [-0.25, -0.2) is 12.8 Å². The van der Waals surface area contributed by atoms with E-state index in [1.807, 2.05) is 0 Å². The minimum atomic E-state index is -3.49. The lowest BCUT2D eigenvalue weighted by atomic mass is 9.95. The highest BCUT2D eigenvalue weighted by atomic mass is 32.2. The minimum absolute atomic E-state index is 0.131. The summed E-state index contributed by atoms with van der Waals surface area (Å²) in [7, 11) is -3.49. The van der Waals surface area contributed by atoms with E-state index < -0.39 is 15.8 Å². The molecule has 110 valence electrons. The van der Waals surface area contributed by atoms with Crippen molar-refractivity contribution in [3.8, 4) is 0 Å². The van der Waals surface area contributed by atoms with Crippen LogP contribution in [0.4, 0.5) is 4.39 Å². The molecule has 3 rings (SSSR count). The molecular formula is C15H20FNO2S. The summed E-state index contributed by atoms with van der Waals surface area (Å²) in [6.45, 7) is 0. The van der Waals surface area contributed by atoms with E-state index in [4.69, 9.17) is 0 Å². The van der Waals surface area contributed by atoms with Crippen LogP contribution < -0.4 is 0 Å². The van der Waals surface area contributed by atoms with Crippen molar-refractivity contribution < 1.29 is 12.8 Å². The van der Waals surface area contributed by atoms with Gasteiger partial charge in [-0.2, -0.15) is 4.31 Å². The van der Waals surface area contributed by atoms with Crippen LogP contribution in [0.5, 0.6) is 0 Å². The van der Waals surface area contributed by atoms with Crippen molar-refractivity contribution in [1.82, 2.24) is 4.31 Å². The molecule has 5 heteroatoms. The Morgan fingerprint density at radius 1 is 0.900 bits per heavy atom. The van der Waals surface area contributed by atoms with E-state index in [0.717, 1.165) is 38.5 Å². The molecule has 0 aliphatic heterocycles. The van der Waals surface area contributed by atoms with Crippen LogP contribution in [-0.4, -0.2) is 24.8 Å². The Morgan fingerprint density at radius 2 is 1.45 bits per heavy atom. The van der Waals surface area contributed by atoms with Crippen molar-refractivity contribution in [3.05, 3.63) is 30.1 Å². The Morgan fingerprint density at radius 3 is 2.00 bits per heavy atom. The van der Waals surface area contributed by atoms with Gasteiger partial charge in [0.1, 0.15) is 5.82 Å². The Labute approximate surface area is 119 Å². The lowest BCUT2D eigenvalue weighted by Gasteiger charge is -2.33. The molecule has 2 aliphatic carbocycles. The molecule has 2 aliphatic rings. The van der Waals surface area contributed by atoms with Gasteiger partial charge in [0.15, 0.2) is 0 Å². The van der Waals surface area contributed by atoms with Crippen LogP contribution in [0.25, 0.3) is 0 Å². The first-order valence-electron chi connectivity index (χ1n) is 7.38. The van der Waals surface area contributed by atoms with Gasteiger partial charge in [0, 0.05) is 12.1 Å². The number of halogens is 1. The molecule has 0 atom stereocenters. The maximum absolute atomic E-state index is 13.0. The third kappa shape index (κ3) is 2.74. The quantitative estimate of drug-likeness (QED) is 0.855. The lowest BCUT2D eigenvalue weighted by molar-refractivity contribution is 0.246. The van der Waals surface area contributed by atoms with Gasteiger partial charge in [-0.05, 0) is 49.9 Å². The summed E-state index contributed by atoms with van der Waals surface area (Å²) in [6.07, 6.45) is 7.23. The molecular weight excluding hydrogens is 277 g/mol. The van der Waals surface area contributed by atoms with Gasteiger partial charge in [-0.1, -0.05) is 19.3 Å². The monoisotopic (exact) mass is 297 g/mol. The average Bonchev–Trinajstić information content (AvgIpc) is 3.25. The smallest absolute Gasteiger partial charge is 0.207 e. The number of benzene rings is 1. The summed E-state index contributed by atoms with van der Waals surface area (Å²) in [5.41, 5.74) is 0. The molecule has 0 bridgehead atoms. The normalized spacial score (nSPS) is 21.3. The highest BCUT2D eigenvalue weighted by Gasteiger charge is 2.42. The van der Waals surface area contributed by atoms with Crippen LogP contribution in [0.3, 0.4) is 0 Å². The van der Waals surface area contributed by atoms with Crippen molar-refractivity contribution in [2.75, 3.05) is 0 Å². The zero-order chi connectivity index (χ0) is 14.2. The minimum Gasteiger partial charge on any atom is -0.207 e. The van der Waals surface area contributed by atoms with Crippen molar-refractivity contribution in [3.63, 3.8) is 0 Å². The lowest BCUT2D eigenvalue weighted by Crippen LogP contribution is -2.42. The largest absolute Gasteiger partial charge is 0.243 e. The van der Waals surface area contributed by atoms with Crippen molar-refractivity contribution in [1.29, 1.82) is 0 Å². The van der Waals surface area contributed by atoms with Gasteiger partial charge in [-0.3, -0.25) is 0 Å². The van der Waals surface area contributed by atoms with Crippen LogP contribution in [0.1, 0.15) is 44.9 Å². The van der Waals surface area contributed by atoms with Crippen molar-refractivity contribution >= 4 is 10.0 Å². The molecule has 20 heavy (non-hydrogen) atoms. The van der Waals surface area contributed by atoms with Gasteiger partial charge >= 0.3 is 0 Å². The second kappa shape index (κ2) is 5.45. The number of sulfonamides is 1. The molecule has 0 aromatic heterocycles. The maximum Gasteiger partial charge on any atom is 0.243 e. The summed E-state index contributed by atoms with van der Waals surface area (Å²) in [4.78, 5) is 0.219. The van der Waals surface area contributed by atoms with Crippen LogP contribution in [-0.2, 0) is 10.0 Å². The number of hydrogen-bond donors (Lipinski definition) is 0. The van der Waals surface area contributed by atoms with Gasteiger partial charge < -0.3 is 0 Å². The van der Waals surface area contributed by atoms with Crippen molar-refractivity contribution in [2.45, 2.75) is 61.9 Å². The van der Waals surface area contributed by atoms with E-state index in [1.165, 1.54) is 30.7 Å². The van der Waals surface area contributed by atoms with Gasteiger partial charge in [0.25, 0.3) is 0 Å². The fourth-order valence-electron chi connectivity index (χ4n) is 3.08. The SMILES string of the molecule is O=S(=O)(c1ccc(F)cc1)N(C1CCCCC1)C1CC1. The molecule has 1 aromatic carbocycles. The van der Waals surface area contributed by atoms with Gasteiger partial charge in [0.05, 0.1) is 4.90 Å². The second-order valence-corrected chi connectivity index (χ2v) is 7.66. The Hall–Kier alpha value is -0.940. The first kappa shape index (κ1) is 14.0. The summed E-state index contributed by atoms with van der Waals surface area (Å²) < 4.78 is 40.4. The molecule has 0 amide bonds. The fraction of sp³-hybridized carbons (Fsp3) is 0.600. The zero-order valence-electron chi connectivity index (χ0n) is 11.5. The molecule has 1 aromatic rings. The van der Waals surface area contributed by atoms with E-state index in [2.05, 4.69) is 0 Å².